The highest BCUT2D eigenvalue weighted by Gasteiger charge is 2.26. The van der Waals surface area contributed by atoms with Crippen molar-refractivity contribution in [3.63, 3.8) is 0 Å². The first-order chi connectivity index (χ1) is 13.2. The number of carbonyl (C=O) groups is 1. The maximum absolute atomic E-state index is 12.6. The number of piperidine rings is 1. The van der Waals surface area contributed by atoms with E-state index in [1.54, 1.807) is 11.3 Å². The van der Waals surface area contributed by atoms with E-state index in [9.17, 15) is 4.79 Å². The van der Waals surface area contributed by atoms with E-state index in [1.807, 2.05) is 42.2 Å². The molecule has 0 saturated carbocycles. The zero-order chi connectivity index (χ0) is 18.6. The molecule has 1 aliphatic rings. The minimum absolute atomic E-state index is 0.175. The summed E-state index contributed by atoms with van der Waals surface area (Å²) >= 11 is 1.76. The lowest BCUT2D eigenvalue weighted by atomic mass is 9.98. The van der Waals surface area contributed by atoms with Gasteiger partial charge in [-0.05, 0) is 49.6 Å². The number of amides is 1. The van der Waals surface area contributed by atoms with Crippen LogP contribution < -0.4 is 4.74 Å². The highest BCUT2D eigenvalue weighted by molar-refractivity contribution is 7.18. The van der Waals surface area contributed by atoms with E-state index in [-0.39, 0.29) is 5.91 Å². The number of hydrogen-bond donors (Lipinski definition) is 0. The lowest BCUT2D eigenvalue weighted by Crippen LogP contribution is -2.39. The standard InChI is InChI=1S/C22H24N2O2S/c1-16-6-4-8-18(14-16)26-13-11-21(25)24-12-5-7-17(15-24)22-23-19-9-2-3-10-20(19)27-22/h2-4,6,8-10,14,17H,5,7,11-13,15H2,1H3/t17-/m0/s1. The van der Waals surface area contributed by atoms with Crippen molar-refractivity contribution in [1.82, 2.24) is 9.88 Å². The van der Waals surface area contributed by atoms with Gasteiger partial charge in [-0.2, -0.15) is 0 Å². The van der Waals surface area contributed by atoms with E-state index >= 15 is 0 Å². The van der Waals surface area contributed by atoms with Gasteiger partial charge in [-0.15, -0.1) is 11.3 Å². The fourth-order valence-corrected chi connectivity index (χ4v) is 4.68. The molecule has 1 aliphatic heterocycles. The molecular weight excluding hydrogens is 356 g/mol. The molecule has 1 amide bonds. The second kappa shape index (κ2) is 8.09. The van der Waals surface area contributed by atoms with Gasteiger partial charge in [-0.25, -0.2) is 4.98 Å². The molecule has 2 heterocycles. The van der Waals surface area contributed by atoms with Crippen LogP contribution in [0, 0.1) is 6.92 Å². The van der Waals surface area contributed by atoms with Crippen molar-refractivity contribution in [2.75, 3.05) is 19.7 Å². The second-order valence-corrected chi connectivity index (χ2v) is 8.18. The van der Waals surface area contributed by atoms with Crippen molar-refractivity contribution < 1.29 is 9.53 Å². The maximum Gasteiger partial charge on any atom is 0.226 e. The Labute approximate surface area is 163 Å². The van der Waals surface area contributed by atoms with Gasteiger partial charge in [0.1, 0.15) is 5.75 Å². The molecule has 4 nitrogen and oxygen atoms in total. The molecule has 1 atom stereocenters. The molecule has 0 bridgehead atoms. The number of benzene rings is 2. The van der Waals surface area contributed by atoms with Gasteiger partial charge >= 0.3 is 0 Å². The van der Waals surface area contributed by atoms with Crippen molar-refractivity contribution >= 4 is 27.5 Å². The number of ether oxygens (including phenoxy) is 1. The third-order valence-electron chi connectivity index (χ3n) is 5.01. The molecule has 2 aromatic carbocycles. The Balaban J connectivity index is 1.34. The number of para-hydroxylation sites is 1. The molecule has 0 aliphatic carbocycles. The lowest BCUT2D eigenvalue weighted by molar-refractivity contribution is -0.132. The Bertz CT molecular complexity index is 904. The number of aryl methyl sites for hydroxylation is 1. The predicted molar refractivity (Wildman–Crippen MR) is 109 cm³/mol. The first kappa shape index (κ1) is 18.0. The van der Waals surface area contributed by atoms with Crippen molar-refractivity contribution in [3.8, 4) is 5.75 Å². The highest BCUT2D eigenvalue weighted by Crippen LogP contribution is 2.33. The van der Waals surface area contributed by atoms with E-state index in [0.717, 1.165) is 47.8 Å². The quantitative estimate of drug-likeness (QED) is 0.640. The van der Waals surface area contributed by atoms with Crippen LogP contribution in [0.5, 0.6) is 5.75 Å². The van der Waals surface area contributed by atoms with E-state index in [4.69, 9.17) is 9.72 Å². The van der Waals surface area contributed by atoms with Gasteiger partial charge in [0.05, 0.1) is 28.3 Å². The van der Waals surface area contributed by atoms with E-state index in [0.29, 0.717) is 18.9 Å². The van der Waals surface area contributed by atoms with Crippen LogP contribution in [-0.2, 0) is 4.79 Å². The highest BCUT2D eigenvalue weighted by atomic mass is 32.1. The SMILES string of the molecule is Cc1cccc(OCCC(=O)N2CCC[C@H](c3nc4ccccc4s3)C2)c1. The van der Waals surface area contributed by atoms with Crippen LogP contribution >= 0.6 is 11.3 Å². The number of rotatable bonds is 5. The van der Waals surface area contributed by atoms with Gasteiger partial charge in [-0.1, -0.05) is 24.3 Å². The first-order valence-electron chi connectivity index (χ1n) is 9.52. The van der Waals surface area contributed by atoms with Crippen LogP contribution in [-0.4, -0.2) is 35.5 Å². The summed E-state index contributed by atoms with van der Waals surface area (Å²) in [5.41, 5.74) is 2.22. The minimum Gasteiger partial charge on any atom is -0.493 e. The molecule has 0 N–H and O–H groups in total. The van der Waals surface area contributed by atoms with E-state index in [1.165, 1.54) is 4.70 Å². The van der Waals surface area contributed by atoms with Crippen LogP contribution in [0.2, 0.25) is 0 Å². The van der Waals surface area contributed by atoms with Crippen molar-refractivity contribution in [2.45, 2.75) is 32.1 Å². The molecule has 4 rings (SSSR count). The third kappa shape index (κ3) is 4.30. The number of likely N-dealkylation sites (tertiary alicyclic amines) is 1. The van der Waals surface area contributed by atoms with Gasteiger partial charge in [0.15, 0.2) is 0 Å². The Kier molecular flexibility index (Phi) is 5.39. The molecule has 1 fully saturated rings. The second-order valence-electron chi connectivity index (χ2n) is 7.11. The number of thiazole rings is 1. The summed E-state index contributed by atoms with van der Waals surface area (Å²) in [6.45, 7) is 4.06. The Morgan fingerprint density at radius 3 is 3.00 bits per heavy atom. The number of nitrogens with zero attached hydrogens (tertiary/aromatic N) is 2. The largest absolute Gasteiger partial charge is 0.493 e. The van der Waals surface area contributed by atoms with Gasteiger partial charge in [0.2, 0.25) is 5.91 Å². The zero-order valence-corrected chi connectivity index (χ0v) is 16.4. The minimum atomic E-state index is 0.175. The summed E-state index contributed by atoms with van der Waals surface area (Å²) < 4.78 is 6.97. The molecule has 3 aromatic rings. The summed E-state index contributed by atoms with van der Waals surface area (Å²) in [4.78, 5) is 19.4. The van der Waals surface area contributed by atoms with Gasteiger partial charge in [0, 0.05) is 19.0 Å². The fourth-order valence-electron chi connectivity index (χ4n) is 3.59. The van der Waals surface area contributed by atoms with E-state index < -0.39 is 0 Å². The summed E-state index contributed by atoms with van der Waals surface area (Å²) in [6, 6.07) is 16.2. The van der Waals surface area contributed by atoms with Crippen LogP contribution in [0.25, 0.3) is 10.2 Å². The summed E-state index contributed by atoms with van der Waals surface area (Å²) in [6.07, 6.45) is 2.55. The molecule has 0 radical (unpaired) electrons. The van der Waals surface area contributed by atoms with Crippen molar-refractivity contribution in [3.05, 3.63) is 59.1 Å². The van der Waals surface area contributed by atoms with E-state index in [2.05, 4.69) is 18.2 Å². The lowest BCUT2D eigenvalue weighted by Gasteiger charge is -2.32. The Morgan fingerprint density at radius 1 is 1.26 bits per heavy atom. The number of aromatic nitrogens is 1. The molecule has 1 saturated heterocycles. The van der Waals surface area contributed by atoms with Crippen molar-refractivity contribution in [1.29, 1.82) is 0 Å². The average Bonchev–Trinajstić information content (AvgIpc) is 3.12. The monoisotopic (exact) mass is 380 g/mol. The number of fused-ring (bicyclic) bond motifs is 1. The summed E-state index contributed by atoms with van der Waals surface area (Å²) in [7, 11) is 0. The predicted octanol–water partition coefficient (Wildman–Crippen LogP) is 4.78. The molecule has 1 aromatic heterocycles. The molecule has 0 unspecified atom stereocenters. The molecule has 27 heavy (non-hydrogen) atoms. The third-order valence-corrected chi connectivity index (χ3v) is 6.21. The Hall–Kier alpha value is -2.40. The van der Waals surface area contributed by atoms with Crippen LogP contribution in [0.1, 0.15) is 35.8 Å². The molecule has 5 heteroatoms. The van der Waals surface area contributed by atoms with Crippen molar-refractivity contribution in [2.24, 2.45) is 0 Å². The Morgan fingerprint density at radius 2 is 2.15 bits per heavy atom. The van der Waals surface area contributed by atoms with Crippen LogP contribution in [0.15, 0.2) is 48.5 Å². The van der Waals surface area contributed by atoms with Crippen LogP contribution in [0.3, 0.4) is 0 Å². The van der Waals surface area contributed by atoms with Gasteiger partial charge in [-0.3, -0.25) is 4.79 Å². The first-order valence-corrected chi connectivity index (χ1v) is 10.3. The van der Waals surface area contributed by atoms with Gasteiger partial charge in [0.25, 0.3) is 0 Å². The summed E-state index contributed by atoms with van der Waals surface area (Å²) in [5.74, 6) is 1.35. The topological polar surface area (TPSA) is 42.4 Å². The fraction of sp³-hybridized carbons (Fsp3) is 0.364. The summed E-state index contributed by atoms with van der Waals surface area (Å²) in [5, 5.41) is 1.16. The smallest absolute Gasteiger partial charge is 0.226 e. The molecular formula is C22H24N2O2S. The molecule has 0 spiro atoms. The number of carbonyl (C=O) groups excluding carboxylic acids is 1. The van der Waals surface area contributed by atoms with Crippen LogP contribution in [0.4, 0.5) is 0 Å². The number of hydrogen-bond acceptors (Lipinski definition) is 4. The average molecular weight is 381 g/mol. The molecule has 140 valence electrons. The zero-order valence-electron chi connectivity index (χ0n) is 15.6. The normalized spacial score (nSPS) is 17.2. The maximum atomic E-state index is 12.6. The van der Waals surface area contributed by atoms with Gasteiger partial charge < -0.3 is 9.64 Å².